The molecule has 1 fully saturated rings. The number of hydrogen-bond donors (Lipinski definition) is 10. The lowest BCUT2D eigenvalue weighted by molar-refractivity contribution is -0.147. The van der Waals surface area contributed by atoms with E-state index in [4.69, 9.17) is 11.5 Å². The predicted molar refractivity (Wildman–Crippen MR) is 271 cm³/mol. The summed E-state index contributed by atoms with van der Waals surface area (Å²) < 4.78 is 0. The number of nitrogens with zero attached hydrogens (tertiary/aromatic N) is 1. The standard InChI is InChI=1S/C51H74N8O10S/c1-30(2)12-11-13-32(5)21-23-51-29-42(47(66)54-38(16-9-10-24-52)45(64)57-41(49(68)69)27-33-17-19-34(60)20-18-33)59(50(51)58-37-15-8-7-14-35(37)51)48(67)40(28-43(61)62)56-46(65)39(26-31(3)4)55-44(63)36(53)22-25-70-6/h7-8,12,14-15,17-21,31,36,38-42,50,58,60H,9-11,13,16,22-29,52-53H2,1-6H3,(H,54,66)(H,55,63)(H,56,65)(H,57,64)(H,61,62)(H,68,69)/b32-21+/t36-,38-,39-,40-,41-,42-,50+,51+/m0/s1. The molecular weight excluding hydrogens is 917 g/mol. The zero-order valence-corrected chi connectivity index (χ0v) is 42.1. The van der Waals surface area contributed by atoms with Crippen LogP contribution < -0.4 is 38.1 Å². The van der Waals surface area contributed by atoms with E-state index in [0.29, 0.717) is 42.7 Å². The molecule has 0 saturated carbocycles. The summed E-state index contributed by atoms with van der Waals surface area (Å²) in [5.74, 6) is -6.09. The van der Waals surface area contributed by atoms with Gasteiger partial charge < -0.3 is 58.3 Å². The lowest BCUT2D eigenvalue weighted by Crippen LogP contribution is -2.61. The van der Waals surface area contributed by atoms with Crippen molar-refractivity contribution in [2.45, 2.75) is 153 Å². The van der Waals surface area contributed by atoms with Gasteiger partial charge in [-0.25, -0.2) is 4.79 Å². The first-order valence-electron chi connectivity index (χ1n) is 24.1. The monoisotopic (exact) mass is 991 g/mol. The molecule has 2 aliphatic heterocycles. The van der Waals surface area contributed by atoms with Crippen molar-refractivity contribution in [3.63, 3.8) is 0 Å². The maximum absolute atomic E-state index is 15.4. The SMILES string of the molecule is CSCC[C@H](N)C(=O)N[C@@H](CC(C)C)C(=O)N[C@@H](CC(=O)O)C(=O)N1[C@H]2Nc3ccccc3[C@@]2(C/C=C(\C)CCC=C(C)C)C[C@H]1C(=O)N[C@@H](CCCCN)C(=O)N[C@@H](Cc1ccc(O)cc1)C(=O)O. The molecule has 0 spiro atoms. The molecule has 5 amide bonds. The van der Waals surface area contributed by atoms with Crippen molar-refractivity contribution in [1.29, 1.82) is 0 Å². The number of aromatic hydroxyl groups is 1. The van der Waals surface area contributed by atoms with E-state index in [0.717, 1.165) is 24.0 Å². The number of thioether (sulfide) groups is 1. The van der Waals surface area contributed by atoms with Crippen LogP contribution in [0.2, 0.25) is 0 Å². The normalized spacial score (nSPS) is 19.3. The van der Waals surface area contributed by atoms with Crippen LogP contribution in [0.5, 0.6) is 5.75 Å². The first kappa shape index (κ1) is 56.7. The second-order valence-electron chi connectivity index (χ2n) is 19.1. The predicted octanol–water partition coefficient (Wildman–Crippen LogP) is 4.06. The highest BCUT2D eigenvalue weighted by molar-refractivity contribution is 7.98. The number of rotatable bonds is 28. The van der Waals surface area contributed by atoms with Crippen LogP contribution in [0.4, 0.5) is 5.69 Å². The molecule has 0 radical (unpaired) electrons. The first-order chi connectivity index (χ1) is 33.2. The van der Waals surface area contributed by atoms with Crippen molar-refractivity contribution in [3.8, 4) is 5.75 Å². The van der Waals surface area contributed by atoms with Crippen molar-refractivity contribution in [1.82, 2.24) is 26.2 Å². The Morgan fingerprint density at radius 1 is 0.857 bits per heavy atom. The third-order valence-electron chi connectivity index (χ3n) is 12.8. The molecular formula is C51H74N8O10S. The highest BCUT2D eigenvalue weighted by atomic mass is 32.2. The summed E-state index contributed by atoms with van der Waals surface area (Å²) in [7, 11) is 0. The summed E-state index contributed by atoms with van der Waals surface area (Å²) in [6, 6.07) is 5.45. The van der Waals surface area contributed by atoms with E-state index in [1.807, 2.05) is 65.1 Å². The van der Waals surface area contributed by atoms with Crippen molar-refractivity contribution in [2.24, 2.45) is 17.4 Å². The Morgan fingerprint density at radius 2 is 1.51 bits per heavy atom. The highest BCUT2D eigenvalue weighted by Crippen LogP contribution is 2.53. The van der Waals surface area contributed by atoms with Gasteiger partial charge in [0.2, 0.25) is 29.5 Å². The summed E-state index contributed by atoms with van der Waals surface area (Å²) in [4.78, 5) is 98.4. The zero-order chi connectivity index (χ0) is 51.7. The smallest absolute Gasteiger partial charge is 0.326 e. The van der Waals surface area contributed by atoms with Gasteiger partial charge in [0.1, 0.15) is 42.1 Å². The Kier molecular flexibility index (Phi) is 21.8. The Hall–Kier alpha value is -5.92. The van der Waals surface area contributed by atoms with Gasteiger partial charge in [-0.2, -0.15) is 11.8 Å². The van der Waals surface area contributed by atoms with Gasteiger partial charge in [0.05, 0.1) is 12.5 Å². The number of aliphatic carboxylic acids is 2. The summed E-state index contributed by atoms with van der Waals surface area (Å²) in [6.45, 7) is 10.0. The molecule has 0 unspecified atom stereocenters. The number of fused-ring (bicyclic) bond motifs is 3. The maximum Gasteiger partial charge on any atom is 0.326 e. The molecule has 19 heteroatoms. The van der Waals surface area contributed by atoms with E-state index in [1.54, 1.807) is 0 Å². The minimum absolute atomic E-state index is 0.0143. The third-order valence-corrected chi connectivity index (χ3v) is 13.4. The van der Waals surface area contributed by atoms with E-state index < -0.39 is 95.7 Å². The summed E-state index contributed by atoms with van der Waals surface area (Å²) in [5, 5.41) is 44.4. The van der Waals surface area contributed by atoms with Crippen LogP contribution in [-0.4, -0.2) is 123 Å². The molecule has 4 rings (SSSR count). The van der Waals surface area contributed by atoms with Gasteiger partial charge in [0.25, 0.3) is 0 Å². The molecule has 70 heavy (non-hydrogen) atoms. The average molecular weight is 991 g/mol. The van der Waals surface area contributed by atoms with E-state index in [9.17, 15) is 39.3 Å². The van der Waals surface area contributed by atoms with E-state index in [1.165, 1.54) is 46.5 Å². The topological polar surface area (TPSA) is 296 Å². The number of carbonyl (C=O) groups excluding carboxylic acids is 5. The second-order valence-corrected chi connectivity index (χ2v) is 20.1. The van der Waals surface area contributed by atoms with E-state index in [2.05, 4.69) is 38.7 Å². The maximum atomic E-state index is 15.4. The van der Waals surface area contributed by atoms with Crippen LogP contribution in [-0.2, 0) is 45.4 Å². The number of phenols is 1. The summed E-state index contributed by atoms with van der Waals surface area (Å²) in [5.41, 5.74) is 15.3. The average Bonchev–Trinajstić information content (AvgIpc) is 3.80. The quantitative estimate of drug-likeness (QED) is 0.0425. The van der Waals surface area contributed by atoms with Crippen LogP contribution in [0.25, 0.3) is 0 Å². The van der Waals surface area contributed by atoms with Gasteiger partial charge in [-0.1, -0.05) is 67.5 Å². The molecule has 0 aromatic heterocycles. The number of amides is 5. The van der Waals surface area contributed by atoms with Crippen LogP contribution in [0.1, 0.15) is 110 Å². The summed E-state index contributed by atoms with van der Waals surface area (Å²) >= 11 is 1.51. The number of carbonyl (C=O) groups is 7. The van der Waals surface area contributed by atoms with Gasteiger partial charge in [0.15, 0.2) is 0 Å². The van der Waals surface area contributed by atoms with Crippen LogP contribution >= 0.6 is 11.8 Å². The highest BCUT2D eigenvalue weighted by Gasteiger charge is 2.61. The Labute approximate surface area is 415 Å². The Balaban J connectivity index is 1.79. The van der Waals surface area contributed by atoms with Gasteiger partial charge in [0, 0.05) is 17.5 Å². The Bertz CT molecular complexity index is 2220. The van der Waals surface area contributed by atoms with Crippen LogP contribution in [0.3, 0.4) is 0 Å². The largest absolute Gasteiger partial charge is 0.508 e. The molecule has 8 atom stereocenters. The number of benzene rings is 2. The molecule has 1 saturated heterocycles. The van der Waals surface area contributed by atoms with Crippen LogP contribution in [0.15, 0.2) is 71.8 Å². The number of allylic oxidation sites excluding steroid dienone is 4. The number of anilines is 1. The van der Waals surface area contributed by atoms with Crippen molar-refractivity contribution >= 4 is 58.9 Å². The minimum Gasteiger partial charge on any atom is -0.508 e. The van der Waals surface area contributed by atoms with Crippen molar-refractivity contribution in [3.05, 3.63) is 83.0 Å². The molecule has 2 aromatic carbocycles. The number of carboxylic acid groups (broad SMARTS) is 2. The molecule has 0 aliphatic carbocycles. The second kappa shape index (κ2) is 26.9. The fraction of sp³-hybridized carbons (Fsp3) is 0.549. The molecule has 18 nitrogen and oxygen atoms in total. The number of phenolic OH excluding ortho intramolecular Hbond substituents is 1. The molecule has 2 aliphatic rings. The Morgan fingerprint density at radius 3 is 2.14 bits per heavy atom. The van der Waals surface area contributed by atoms with Crippen molar-refractivity contribution < 1.29 is 48.9 Å². The third kappa shape index (κ3) is 15.8. The number of carboxylic acids is 2. The lowest BCUT2D eigenvalue weighted by atomic mass is 9.74. The first-order valence-corrected chi connectivity index (χ1v) is 25.5. The number of para-hydroxylation sites is 1. The lowest BCUT2D eigenvalue weighted by Gasteiger charge is -2.35. The van der Waals surface area contributed by atoms with Gasteiger partial charge in [-0.3, -0.25) is 28.8 Å². The fourth-order valence-electron chi connectivity index (χ4n) is 9.06. The number of nitrogens with one attached hydrogen (secondary N) is 5. The molecule has 2 heterocycles. The van der Waals surface area contributed by atoms with E-state index in [-0.39, 0.29) is 43.9 Å². The molecule has 2 aromatic rings. The number of unbranched alkanes of at least 4 members (excludes halogenated alkanes) is 1. The molecule has 12 N–H and O–H groups in total. The van der Waals surface area contributed by atoms with Gasteiger partial charge >= 0.3 is 11.9 Å². The van der Waals surface area contributed by atoms with E-state index >= 15 is 9.59 Å². The number of nitrogens with two attached hydrogens (primary N) is 2. The van der Waals surface area contributed by atoms with Crippen molar-refractivity contribution in [2.75, 3.05) is 23.9 Å². The number of likely N-dealkylation sites (tertiary alicyclic amines) is 1. The fourth-order valence-corrected chi connectivity index (χ4v) is 9.55. The molecule has 384 valence electrons. The zero-order valence-electron chi connectivity index (χ0n) is 41.3. The minimum atomic E-state index is -1.72. The summed E-state index contributed by atoms with van der Waals surface area (Å²) in [6.07, 6.45) is 7.47. The van der Waals surface area contributed by atoms with Gasteiger partial charge in [-0.15, -0.1) is 0 Å². The van der Waals surface area contributed by atoms with Crippen LogP contribution in [0, 0.1) is 5.92 Å². The van der Waals surface area contributed by atoms with Gasteiger partial charge in [-0.05, 0) is 132 Å². The number of hydrogen-bond acceptors (Lipinski definition) is 12. The molecule has 0 bridgehead atoms.